The van der Waals surface area contributed by atoms with Gasteiger partial charge in [0, 0.05) is 74.5 Å². The first-order valence-electron chi connectivity index (χ1n) is 17.0. The molecule has 1 aromatic heterocycles. The number of amides is 2. The molecule has 2 heterocycles. The lowest BCUT2D eigenvalue weighted by Gasteiger charge is -2.57. The smallest absolute Gasteiger partial charge is 0.255 e. The second-order valence-corrected chi connectivity index (χ2v) is 14.1. The third-order valence-electron chi connectivity index (χ3n) is 10.6. The van der Waals surface area contributed by atoms with Crippen LogP contribution in [0.3, 0.4) is 0 Å². The highest BCUT2D eigenvalue weighted by molar-refractivity contribution is 5.95. The normalized spacial score (nSPS) is 24.7. The van der Waals surface area contributed by atoms with Gasteiger partial charge in [0.05, 0.1) is 12.2 Å². The van der Waals surface area contributed by atoms with Crippen LogP contribution in [0.15, 0.2) is 67.0 Å². The number of rotatable bonds is 7. The van der Waals surface area contributed by atoms with Gasteiger partial charge in [0.15, 0.2) is 0 Å². The molecule has 46 heavy (non-hydrogen) atoms. The maximum absolute atomic E-state index is 13.4. The summed E-state index contributed by atoms with van der Waals surface area (Å²) in [7, 11) is 1.99. The molecule has 5 fully saturated rings. The lowest BCUT2D eigenvalue weighted by Crippen LogP contribution is -2.51. The average molecular weight is 617 g/mol. The van der Waals surface area contributed by atoms with Gasteiger partial charge in [0.25, 0.3) is 11.8 Å². The van der Waals surface area contributed by atoms with E-state index in [2.05, 4.69) is 33.9 Å². The molecule has 0 unspecified atom stereocenters. The molecule has 4 saturated carbocycles. The van der Waals surface area contributed by atoms with Crippen molar-refractivity contribution in [2.24, 2.45) is 23.2 Å². The first-order valence-corrected chi connectivity index (χ1v) is 17.0. The number of hydrogen-bond acceptors (Lipinski definition) is 5. The third-order valence-corrected chi connectivity index (χ3v) is 10.6. The zero-order chi connectivity index (χ0) is 31.7. The highest BCUT2D eigenvalue weighted by Gasteiger charge is 2.51. The molecule has 7 heteroatoms. The minimum absolute atomic E-state index is 0.0304. The Morgan fingerprint density at radius 3 is 2.22 bits per heavy atom. The van der Waals surface area contributed by atoms with E-state index >= 15 is 0 Å². The molecule has 7 nitrogen and oxygen atoms in total. The molecular formula is C39H44N4O3. The Morgan fingerprint density at radius 1 is 0.870 bits per heavy atom. The largest absolute Gasteiger partial charge is 0.494 e. The monoisotopic (exact) mass is 616 g/mol. The quantitative estimate of drug-likeness (QED) is 0.299. The first kappa shape index (κ1) is 30.3. The molecule has 2 aromatic carbocycles. The molecular weight excluding hydrogens is 572 g/mol. The van der Waals surface area contributed by atoms with E-state index < -0.39 is 0 Å². The summed E-state index contributed by atoms with van der Waals surface area (Å²) in [5.74, 6) is 9.83. The number of carbonyl (C=O) groups is 2. The zero-order valence-electron chi connectivity index (χ0n) is 27.1. The maximum atomic E-state index is 13.4. The minimum atomic E-state index is -0.0304. The van der Waals surface area contributed by atoms with Gasteiger partial charge < -0.3 is 19.4 Å². The number of carbonyl (C=O) groups excluding carboxylic acids is 2. The predicted molar refractivity (Wildman–Crippen MR) is 180 cm³/mol. The molecule has 1 saturated heterocycles. The molecule has 238 valence electrons. The van der Waals surface area contributed by atoms with E-state index in [9.17, 15) is 9.59 Å². The van der Waals surface area contributed by atoms with E-state index in [-0.39, 0.29) is 11.8 Å². The highest BCUT2D eigenvalue weighted by atomic mass is 16.5. The predicted octanol–water partition coefficient (Wildman–Crippen LogP) is 6.13. The van der Waals surface area contributed by atoms with Crippen molar-refractivity contribution in [3.63, 3.8) is 0 Å². The molecule has 2 amide bonds. The van der Waals surface area contributed by atoms with Crippen molar-refractivity contribution in [3.05, 3.63) is 89.2 Å². The Hall–Kier alpha value is -4.31. The number of anilines is 1. The standard InChI is InChI=1S/C39H44N4O3/c1-3-46-36-6-4-5-28(21-36)7-8-29-20-34(26-40-25-29)38(45)43-15-13-42(14-16-43)35-11-9-33(10-12-35)37(44)41(2)27-39-22-30-17-31(23-39)19-32(18-30)24-39/h4-6,9-12,20-21,25-26,30-32H,3,13-19,22-24,27H2,1-2H3. The number of ether oxygens (including phenoxy) is 1. The summed E-state index contributed by atoms with van der Waals surface area (Å²) >= 11 is 0. The fraction of sp³-hybridized carbons (Fsp3) is 0.462. The van der Waals surface area contributed by atoms with E-state index in [0.29, 0.717) is 36.2 Å². The lowest BCUT2D eigenvalue weighted by molar-refractivity contribution is -0.0629. The molecule has 0 spiro atoms. The van der Waals surface area contributed by atoms with Crippen molar-refractivity contribution in [1.29, 1.82) is 0 Å². The second kappa shape index (κ2) is 12.8. The highest BCUT2D eigenvalue weighted by Crippen LogP contribution is 2.60. The third kappa shape index (κ3) is 6.49. The van der Waals surface area contributed by atoms with Gasteiger partial charge in [-0.3, -0.25) is 14.6 Å². The number of aromatic nitrogens is 1. The van der Waals surface area contributed by atoms with E-state index in [1.807, 2.05) is 66.2 Å². The van der Waals surface area contributed by atoms with Crippen molar-refractivity contribution >= 4 is 17.5 Å². The van der Waals surface area contributed by atoms with Gasteiger partial charge in [-0.05, 0) is 117 Å². The topological polar surface area (TPSA) is 66.0 Å². The van der Waals surface area contributed by atoms with Gasteiger partial charge in [-0.1, -0.05) is 17.9 Å². The van der Waals surface area contributed by atoms with Crippen molar-refractivity contribution < 1.29 is 14.3 Å². The summed E-state index contributed by atoms with van der Waals surface area (Å²) in [4.78, 5) is 37.2. The Labute approximate surface area is 272 Å². The van der Waals surface area contributed by atoms with Crippen LogP contribution >= 0.6 is 0 Å². The summed E-state index contributed by atoms with van der Waals surface area (Å²) in [5, 5.41) is 0. The Bertz CT molecular complexity index is 1610. The average Bonchev–Trinajstić information content (AvgIpc) is 3.06. The molecule has 1 aliphatic heterocycles. The second-order valence-electron chi connectivity index (χ2n) is 14.1. The zero-order valence-corrected chi connectivity index (χ0v) is 27.1. The molecule has 5 aliphatic rings. The van der Waals surface area contributed by atoms with Crippen molar-refractivity contribution in [3.8, 4) is 17.6 Å². The van der Waals surface area contributed by atoms with Gasteiger partial charge in [-0.25, -0.2) is 0 Å². The fourth-order valence-corrected chi connectivity index (χ4v) is 9.04. The SMILES string of the molecule is CCOc1cccc(C#Cc2cncc(C(=O)N3CCN(c4ccc(C(=O)N(C)CC56CC7CC(CC(C7)C5)C6)cc4)CC3)c2)c1. The maximum Gasteiger partial charge on any atom is 0.255 e. The van der Waals surface area contributed by atoms with Crippen LogP contribution in [-0.2, 0) is 0 Å². The van der Waals surface area contributed by atoms with Crippen LogP contribution in [0.2, 0.25) is 0 Å². The number of pyridine rings is 1. The number of nitrogens with zero attached hydrogens (tertiary/aromatic N) is 4. The fourth-order valence-electron chi connectivity index (χ4n) is 9.04. The van der Waals surface area contributed by atoms with E-state index in [4.69, 9.17) is 4.74 Å². The molecule has 8 rings (SSSR count). The summed E-state index contributed by atoms with van der Waals surface area (Å²) in [6.07, 6.45) is 11.5. The van der Waals surface area contributed by atoms with Crippen LogP contribution in [0.1, 0.15) is 77.3 Å². The van der Waals surface area contributed by atoms with Gasteiger partial charge in [-0.15, -0.1) is 0 Å². The molecule has 4 aliphatic carbocycles. The van der Waals surface area contributed by atoms with Gasteiger partial charge in [0.2, 0.25) is 0 Å². The Kier molecular flexibility index (Phi) is 8.46. The van der Waals surface area contributed by atoms with Gasteiger partial charge >= 0.3 is 0 Å². The summed E-state index contributed by atoms with van der Waals surface area (Å²) in [5.41, 5.74) is 4.27. The first-order chi connectivity index (χ1) is 22.4. The molecule has 0 N–H and O–H groups in total. The lowest BCUT2D eigenvalue weighted by atomic mass is 9.49. The number of benzene rings is 2. The van der Waals surface area contributed by atoms with E-state index in [0.717, 1.165) is 60.0 Å². The Balaban J connectivity index is 0.927. The van der Waals surface area contributed by atoms with Gasteiger partial charge in [0.1, 0.15) is 5.75 Å². The molecule has 0 atom stereocenters. The van der Waals surface area contributed by atoms with Crippen molar-refractivity contribution in [2.75, 3.05) is 51.3 Å². The number of hydrogen-bond donors (Lipinski definition) is 0. The Morgan fingerprint density at radius 2 is 1.54 bits per heavy atom. The summed E-state index contributed by atoms with van der Waals surface area (Å²) < 4.78 is 5.56. The van der Waals surface area contributed by atoms with Crippen LogP contribution < -0.4 is 9.64 Å². The van der Waals surface area contributed by atoms with Crippen LogP contribution in [-0.4, -0.2) is 73.0 Å². The van der Waals surface area contributed by atoms with Crippen LogP contribution in [0.4, 0.5) is 5.69 Å². The molecule has 0 radical (unpaired) electrons. The molecule has 3 aromatic rings. The van der Waals surface area contributed by atoms with Crippen molar-refractivity contribution in [1.82, 2.24) is 14.8 Å². The minimum Gasteiger partial charge on any atom is -0.494 e. The summed E-state index contributed by atoms with van der Waals surface area (Å²) in [6, 6.07) is 17.5. The van der Waals surface area contributed by atoms with E-state index in [1.165, 1.54) is 38.5 Å². The van der Waals surface area contributed by atoms with Gasteiger partial charge in [-0.2, -0.15) is 0 Å². The molecule has 4 bridgehead atoms. The van der Waals surface area contributed by atoms with Crippen LogP contribution in [0, 0.1) is 35.0 Å². The summed E-state index contributed by atoms with van der Waals surface area (Å²) in [6.45, 7) is 6.14. The number of piperazine rings is 1. The van der Waals surface area contributed by atoms with E-state index in [1.54, 1.807) is 12.4 Å². The van der Waals surface area contributed by atoms with Crippen LogP contribution in [0.5, 0.6) is 5.75 Å². The van der Waals surface area contributed by atoms with Crippen LogP contribution in [0.25, 0.3) is 0 Å². The van der Waals surface area contributed by atoms with Crippen molar-refractivity contribution in [2.45, 2.75) is 45.4 Å².